The van der Waals surface area contributed by atoms with E-state index >= 15 is 0 Å². The highest BCUT2D eigenvalue weighted by Crippen LogP contribution is 2.29. The molecule has 2 N–H and O–H groups in total. The number of methoxy groups -OCH3 is 1. The number of aromatic nitrogens is 1. The summed E-state index contributed by atoms with van der Waals surface area (Å²) in [6.07, 6.45) is 2.77. The summed E-state index contributed by atoms with van der Waals surface area (Å²) in [6, 6.07) is 12.1. The first-order valence-corrected chi connectivity index (χ1v) is 7.08. The molecular weight excluding hydrogens is 256 g/mol. The summed E-state index contributed by atoms with van der Waals surface area (Å²) in [5.41, 5.74) is 6.89. The van der Waals surface area contributed by atoms with Crippen LogP contribution in [-0.4, -0.2) is 12.1 Å². The molecule has 1 aromatic carbocycles. The second kappa shape index (κ2) is 6.59. The molecule has 4 heteroatoms. The fraction of sp³-hybridized carbons (Fsp3) is 0.267. The van der Waals surface area contributed by atoms with Crippen LogP contribution in [0.1, 0.15) is 25.1 Å². The van der Waals surface area contributed by atoms with Crippen molar-refractivity contribution in [3.63, 3.8) is 0 Å². The van der Waals surface area contributed by atoms with Gasteiger partial charge >= 0.3 is 0 Å². The molecule has 2 rings (SSSR count). The second-order valence-electron chi connectivity index (χ2n) is 4.21. The molecule has 19 heavy (non-hydrogen) atoms. The fourth-order valence-electron chi connectivity index (χ4n) is 1.68. The molecule has 0 aliphatic heterocycles. The Morgan fingerprint density at radius 1 is 1.26 bits per heavy atom. The van der Waals surface area contributed by atoms with Gasteiger partial charge in [0.15, 0.2) is 0 Å². The largest absolute Gasteiger partial charge is 0.497 e. The van der Waals surface area contributed by atoms with Gasteiger partial charge in [0.25, 0.3) is 0 Å². The summed E-state index contributed by atoms with van der Waals surface area (Å²) >= 11 is 1.66. The Labute approximate surface area is 118 Å². The molecule has 0 aliphatic carbocycles. The maximum atomic E-state index is 5.95. The Morgan fingerprint density at radius 3 is 2.74 bits per heavy atom. The molecule has 0 saturated heterocycles. The number of nitrogens with zero attached hydrogens (tertiary/aromatic N) is 1. The van der Waals surface area contributed by atoms with Crippen LogP contribution in [0.4, 0.5) is 0 Å². The van der Waals surface area contributed by atoms with Crippen LogP contribution < -0.4 is 10.5 Å². The number of benzene rings is 1. The average Bonchev–Trinajstić information content (AvgIpc) is 2.47. The number of rotatable bonds is 5. The quantitative estimate of drug-likeness (QED) is 0.904. The number of ether oxygens (including phenoxy) is 1. The van der Waals surface area contributed by atoms with Crippen molar-refractivity contribution in [2.45, 2.75) is 29.2 Å². The van der Waals surface area contributed by atoms with Gasteiger partial charge in [0, 0.05) is 22.0 Å². The van der Waals surface area contributed by atoms with E-state index < -0.39 is 0 Å². The highest BCUT2D eigenvalue weighted by Gasteiger charge is 2.05. The lowest BCUT2D eigenvalue weighted by Crippen LogP contribution is -2.10. The Bertz CT molecular complexity index is 528. The molecule has 100 valence electrons. The van der Waals surface area contributed by atoms with Gasteiger partial charge in [-0.25, -0.2) is 0 Å². The smallest absolute Gasteiger partial charge is 0.119 e. The number of pyridine rings is 1. The van der Waals surface area contributed by atoms with Crippen LogP contribution in [0.3, 0.4) is 0 Å². The van der Waals surface area contributed by atoms with E-state index in [0.29, 0.717) is 0 Å². The van der Waals surface area contributed by atoms with Crippen molar-refractivity contribution in [1.82, 2.24) is 4.98 Å². The second-order valence-corrected chi connectivity index (χ2v) is 5.36. The van der Waals surface area contributed by atoms with Crippen LogP contribution in [0.2, 0.25) is 0 Å². The maximum Gasteiger partial charge on any atom is 0.119 e. The molecule has 0 radical (unpaired) electrons. The van der Waals surface area contributed by atoms with Crippen molar-refractivity contribution in [1.29, 1.82) is 0 Å². The van der Waals surface area contributed by atoms with Gasteiger partial charge in [-0.3, -0.25) is 4.98 Å². The van der Waals surface area contributed by atoms with E-state index in [-0.39, 0.29) is 6.04 Å². The standard InChI is InChI=1S/C15H18N2OS/c1-3-14(16)15-8-7-13(10-17-15)19-12-6-4-5-11(9-12)18-2/h4-10,14H,3,16H2,1-2H3/t14-/m0/s1. The van der Waals surface area contributed by atoms with Gasteiger partial charge in [0.2, 0.25) is 0 Å². The van der Waals surface area contributed by atoms with Crippen LogP contribution in [-0.2, 0) is 0 Å². The number of nitrogens with two attached hydrogens (primary N) is 1. The van der Waals surface area contributed by atoms with E-state index in [1.54, 1.807) is 18.9 Å². The van der Waals surface area contributed by atoms with E-state index in [4.69, 9.17) is 10.5 Å². The van der Waals surface area contributed by atoms with Crippen LogP contribution in [0, 0.1) is 0 Å². The zero-order chi connectivity index (χ0) is 13.7. The predicted molar refractivity (Wildman–Crippen MR) is 78.6 cm³/mol. The monoisotopic (exact) mass is 274 g/mol. The molecule has 0 saturated carbocycles. The van der Waals surface area contributed by atoms with Gasteiger partial charge in [-0.1, -0.05) is 24.8 Å². The summed E-state index contributed by atoms with van der Waals surface area (Å²) in [7, 11) is 1.67. The molecule has 2 aromatic rings. The van der Waals surface area contributed by atoms with Crippen LogP contribution in [0.5, 0.6) is 5.75 Å². The van der Waals surface area contributed by atoms with Crippen molar-refractivity contribution >= 4 is 11.8 Å². The molecule has 1 atom stereocenters. The van der Waals surface area contributed by atoms with Crippen molar-refractivity contribution in [3.8, 4) is 5.75 Å². The van der Waals surface area contributed by atoms with Gasteiger partial charge in [0.1, 0.15) is 5.75 Å². The highest BCUT2D eigenvalue weighted by atomic mass is 32.2. The topological polar surface area (TPSA) is 48.1 Å². The third kappa shape index (κ3) is 3.72. The Balaban J connectivity index is 2.10. The minimum absolute atomic E-state index is 0.0240. The lowest BCUT2D eigenvalue weighted by atomic mass is 10.1. The molecule has 3 nitrogen and oxygen atoms in total. The van der Waals surface area contributed by atoms with Gasteiger partial charge in [-0.2, -0.15) is 0 Å². The SMILES string of the molecule is CC[C@H](N)c1ccc(Sc2cccc(OC)c2)cn1. The van der Waals surface area contributed by atoms with E-state index in [1.807, 2.05) is 30.5 Å². The normalized spacial score (nSPS) is 12.2. The third-order valence-electron chi connectivity index (χ3n) is 2.86. The maximum absolute atomic E-state index is 5.95. The molecular formula is C15H18N2OS. The summed E-state index contributed by atoms with van der Waals surface area (Å²) < 4.78 is 5.21. The summed E-state index contributed by atoms with van der Waals surface area (Å²) in [5.74, 6) is 0.864. The van der Waals surface area contributed by atoms with Crippen LogP contribution in [0.15, 0.2) is 52.4 Å². The molecule has 0 fully saturated rings. The fourth-order valence-corrected chi connectivity index (χ4v) is 2.52. The first-order valence-electron chi connectivity index (χ1n) is 6.26. The van der Waals surface area contributed by atoms with E-state index in [0.717, 1.165) is 27.7 Å². The van der Waals surface area contributed by atoms with Crippen LogP contribution >= 0.6 is 11.8 Å². The first-order chi connectivity index (χ1) is 9.22. The van der Waals surface area contributed by atoms with Crippen molar-refractivity contribution in [2.75, 3.05) is 7.11 Å². The highest BCUT2D eigenvalue weighted by molar-refractivity contribution is 7.99. The summed E-state index contributed by atoms with van der Waals surface area (Å²) in [5, 5.41) is 0. The molecule has 0 amide bonds. The summed E-state index contributed by atoms with van der Waals surface area (Å²) in [4.78, 5) is 6.64. The van der Waals surface area contributed by atoms with E-state index in [1.165, 1.54) is 0 Å². The van der Waals surface area contributed by atoms with E-state index in [2.05, 4.69) is 24.0 Å². The van der Waals surface area contributed by atoms with Gasteiger partial charge < -0.3 is 10.5 Å². The Morgan fingerprint density at radius 2 is 2.11 bits per heavy atom. The Hall–Kier alpha value is -1.52. The van der Waals surface area contributed by atoms with Crippen molar-refractivity contribution in [3.05, 3.63) is 48.3 Å². The summed E-state index contributed by atoms with van der Waals surface area (Å²) in [6.45, 7) is 2.06. The predicted octanol–water partition coefficient (Wildman–Crippen LogP) is 3.65. The van der Waals surface area contributed by atoms with E-state index in [9.17, 15) is 0 Å². The molecule has 0 unspecified atom stereocenters. The molecule has 0 spiro atoms. The van der Waals surface area contributed by atoms with Gasteiger partial charge in [-0.05, 0) is 36.8 Å². The van der Waals surface area contributed by atoms with Crippen molar-refractivity contribution in [2.24, 2.45) is 5.73 Å². The Kier molecular flexibility index (Phi) is 4.82. The van der Waals surface area contributed by atoms with Gasteiger partial charge in [-0.15, -0.1) is 0 Å². The molecule has 1 aromatic heterocycles. The molecule has 0 bridgehead atoms. The van der Waals surface area contributed by atoms with Gasteiger partial charge in [0.05, 0.1) is 12.8 Å². The lowest BCUT2D eigenvalue weighted by molar-refractivity contribution is 0.413. The number of hydrogen-bond acceptors (Lipinski definition) is 4. The average molecular weight is 274 g/mol. The minimum Gasteiger partial charge on any atom is -0.497 e. The molecule has 1 heterocycles. The zero-order valence-corrected chi connectivity index (χ0v) is 12.0. The number of hydrogen-bond donors (Lipinski definition) is 1. The molecule has 0 aliphatic rings. The third-order valence-corrected chi connectivity index (χ3v) is 3.82. The minimum atomic E-state index is 0.0240. The van der Waals surface area contributed by atoms with Crippen molar-refractivity contribution < 1.29 is 4.74 Å². The zero-order valence-electron chi connectivity index (χ0n) is 11.2. The lowest BCUT2D eigenvalue weighted by Gasteiger charge is -2.09. The van der Waals surface area contributed by atoms with Crippen LogP contribution in [0.25, 0.3) is 0 Å². The first kappa shape index (κ1) is 13.9.